The van der Waals surface area contributed by atoms with Crippen LogP contribution in [0.3, 0.4) is 0 Å². The highest BCUT2D eigenvalue weighted by molar-refractivity contribution is 6.31. The zero-order chi connectivity index (χ0) is 8.69. The first kappa shape index (κ1) is 11.0. The fourth-order valence-corrected chi connectivity index (χ4v) is 1.25. The molecular formula is C9H21BN. The highest BCUT2D eigenvalue weighted by atomic mass is 15.0. The molecule has 0 N–H and O–H groups in total. The summed E-state index contributed by atoms with van der Waals surface area (Å²) in [6.07, 6.45) is 5.27. The van der Waals surface area contributed by atoms with Crippen LogP contribution in [0.15, 0.2) is 0 Å². The molecule has 0 aromatic heterocycles. The number of hydrogen-bond donors (Lipinski definition) is 0. The van der Waals surface area contributed by atoms with E-state index >= 15 is 0 Å². The molecule has 0 aliphatic heterocycles. The van der Waals surface area contributed by atoms with E-state index in [2.05, 4.69) is 40.2 Å². The van der Waals surface area contributed by atoms with Gasteiger partial charge in [0.1, 0.15) is 0 Å². The fraction of sp³-hybridized carbons (Fsp3) is 1.00. The van der Waals surface area contributed by atoms with E-state index in [4.69, 9.17) is 0 Å². The molecule has 2 heteroatoms. The minimum absolute atomic E-state index is 0.899. The average Bonchev–Trinajstić information content (AvgIpc) is 1.87. The van der Waals surface area contributed by atoms with Gasteiger partial charge in [-0.1, -0.05) is 39.4 Å². The quantitative estimate of drug-likeness (QED) is 0.531. The van der Waals surface area contributed by atoms with E-state index in [9.17, 15) is 0 Å². The summed E-state index contributed by atoms with van der Waals surface area (Å²) in [4.78, 5) is 2.14. The predicted molar refractivity (Wildman–Crippen MR) is 52.9 cm³/mol. The molecule has 0 spiro atoms. The Labute approximate surface area is 72.4 Å². The highest BCUT2D eigenvalue weighted by Crippen LogP contribution is 2.11. The summed E-state index contributed by atoms with van der Waals surface area (Å²) in [6, 6.07) is 0. The van der Waals surface area contributed by atoms with Gasteiger partial charge in [0.15, 0.2) is 0 Å². The second-order valence-electron chi connectivity index (χ2n) is 3.62. The van der Waals surface area contributed by atoms with Gasteiger partial charge in [0, 0.05) is 0 Å². The van der Waals surface area contributed by atoms with Gasteiger partial charge in [0.25, 0.3) is 0 Å². The van der Waals surface area contributed by atoms with Gasteiger partial charge < -0.3 is 4.81 Å². The minimum atomic E-state index is 0.899. The van der Waals surface area contributed by atoms with Gasteiger partial charge in [-0.3, -0.25) is 0 Å². The van der Waals surface area contributed by atoms with Crippen LogP contribution in [-0.2, 0) is 0 Å². The van der Waals surface area contributed by atoms with E-state index in [-0.39, 0.29) is 0 Å². The van der Waals surface area contributed by atoms with Crippen molar-refractivity contribution in [1.82, 2.24) is 4.81 Å². The molecule has 0 aliphatic carbocycles. The third-order valence-corrected chi connectivity index (χ3v) is 1.94. The molecule has 65 valence electrons. The molecule has 0 saturated heterocycles. The molecule has 0 saturated carbocycles. The summed E-state index contributed by atoms with van der Waals surface area (Å²) in [6.45, 7) is 4.60. The Morgan fingerprint density at radius 2 is 1.91 bits per heavy atom. The van der Waals surface area contributed by atoms with Crippen molar-refractivity contribution < 1.29 is 0 Å². The van der Waals surface area contributed by atoms with Crippen LogP contribution in [0, 0.1) is 5.92 Å². The molecule has 11 heavy (non-hydrogen) atoms. The van der Waals surface area contributed by atoms with Crippen LogP contribution in [0.25, 0.3) is 0 Å². The van der Waals surface area contributed by atoms with Crippen LogP contribution in [0.2, 0.25) is 6.32 Å². The molecule has 0 aromatic carbocycles. The lowest BCUT2D eigenvalue weighted by atomic mass is 9.81. The average molecular weight is 154 g/mol. The van der Waals surface area contributed by atoms with Gasteiger partial charge in [0.2, 0.25) is 7.41 Å². The first-order valence-corrected chi connectivity index (χ1v) is 4.66. The maximum atomic E-state index is 2.34. The Bertz CT molecular complexity index is 83.6. The van der Waals surface area contributed by atoms with Gasteiger partial charge >= 0.3 is 0 Å². The van der Waals surface area contributed by atoms with Crippen molar-refractivity contribution in [3.63, 3.8) is 0 Å². The van der Waals surface area contributed by atoms with Crippen LogP contribution in [0.4, 0.5) is 0 Å². The number of rotatable bonds is 6. The van der Waals surface area contributed by atoms with Crippen molar-refractivity contribution in [2.75, 3.05) is 14.1 Å². The van der Waals surface area contributed by atoms with Crippen molar-refractivity contribution >= 4 is 7.41 Å². The zero-order valence-electron chi connectivity index (χ0n) is 8.43. The van der Waals surface area contributed by atoms with Crippen molar-refractivity contribution in [1.29, 1.82) is 0 Å². The normalized spacial score (nSPS) is 13.5. The van der Waals surface area contributed by atoms with E-state index in [1.54, 1.807) is 0 Å². The Morgan fingerprint density at radius 3 is 2.36 bits per heavy atom. The van der Waals surface area contributed by atoms with Gasteiger partial charge in [-0.25, -0.2) is 0 Å². The van der Waals surface area contributed by atoms with Crippen LogP contribution in [0.5, 0.6) is 0 Å². The Morgan fingerprint density at radius 1 is 1.27 bits per heavy atom. The molecule has 0 bridgehead atoms. The second kappa shape index (κ2) is 6.72. The molecule has 1 radical (unpaired) electrons. The van der Waals surface area contributed by atoms with Crippen molar-refractivity contribution in [2.45, 2.75) is 39.4 Å². The maximum absolute atomic E-state index is 2.34. The summed E-state index contributed by atoms with van der Waals surface area (Å²) in [7, 11) is 6.43. The van der Waals surface area contributed by atoms with Crippen molar-refractivity contribution in [2.24, 2.45) is 5.92 Å². The molecule has 0 heterocycles. The van der Waals surface area contributed by atoms with E-state index in [0.29, 0.717) is 0 Å². The van der Waals surface area contributed by atoms with Gasteiger partial charge in [0.05, 0.1) is 0 Å². The standard InChI is InChI=1S/C9H21BN/c1-5-6-9(2)7-8-10-11(3)4/h9H,5-8H2,1-4H3. The summed E-state index contributed by atoms with van der Waals surface area (Å²) in [5.41, 5.74) is 0. The molecule has 1 nitrogen and oxygen atoms in total. The molecule has 0 aromatic rings. The second-order valence-corrected chi connectivity index (χ2v) is 3.62. The maximum Gasteiger partial charge on any atom is 0.207 e. The van der Waals surface area contributed by atoms with Gasteiger partial charge in [-0.05, 0) is 20.0 Å². The third kappa shape index (κ3) is 7.93. The highest BCUT2D eigenvalue weighted by Gasteiger charge is 2.01. The first-order chi connectivity index (χ1) is 5.16. The number of nitrogens with zero attached hydrogens (tertiary/aromatic N) is 1. The molecular weight excluding hydrogens is 133 g/mol. The molecule has 0 amide bonds. The van der Waals surface area contributed by atoms with Crippen LogP contribution in [0.1, 0.15) is 33.1 Å². The lowest BCUT2D eigenvalue weighted by Crippen LogP contribution is -2.17. The van der Waals surface area contributed by atoms with E-state index in [1.165, 1.54) is 25.6 Å². The van der Waals surface area contributed by atoms with Gasteiger partial charge in [-0.2, -0.15) is 0 Å². The first-order valence-electron chi connectivity index (χ1n) is 4.66. The third-order valence-electron chi connectivity index (χ3n) is 1.94. The summed E-state index contributed by atoms with van der Waals surface area (Å²) in [5, 5.41) is 0. The zero-order valence-corrected chi connectivity index (χ0v) is 8.43. The largest absolute Gasteiger partial charge is 0.352 e. The molecule has 0 aliphatic rings. The predicted octanol–water partition coefficient (Wildman–Crippen LogP) is 2.41. The van der Waals surface area contributed by atoms with E-state index < -0.39 is 0 Å². The molecule has 1 atom stereocenters. The van der Waals surface area contributed by atoms with Gasteiger partial charge in [-0.15, -0.1) is 0 Å². The molecule has 1 unspecified atom stereocenters. The molecule has 0 fully saturated rings. The van der Waals surface area contributed by atoms with Crippen molar-refractivity contribution in [3.05, 3.63) is 0 Å². The molecule has 0 rings (SSSR count). The summed E-state index contributed by atoms with van der Waals surface area (Å²) >= 11 is 0. The lowest BCUT2D eigenvalue weighted by Gasteiger charge is -2.11. The lowest BCUT2D eigenvalue weighted by molar-refractivity contribution is 0.503. The summed E-state index contributed by atoms with van der Waals surface area (Å²) in [5.74, 6) is 0.899. The fourth-order valence-electron chi connectivity index (χ4n) is 1.25. The summed E-state index contributed by atoms with van der Waals surface area (Å²) < 4.78 is 0. The van der Waals surface area contributed by atoms with E-state index in [1.807, 2.05) is 0 Å². The van der Waals surface area contributed by atoms with Crippen molar-refractivity contribution in [3.8, 4) is 0 Å². The topological polar surface area (TPSA) is 3.24 Å². The smallest absolute Gasteiger partial charge is 0.207 e. The van der Waals surface area contributed by atoms with Crippen LogP contribution < -0.4 is 0 Å². The number of hydrogen-bond acceptors (Lipinski definition) is 1. The van der Waals surface area contributed by atoms with Crippen LogP contribution in [-0.4, -0.2) is 26.3 Å². The van der Waals surface area contributed by atoms with Crippen LogP contribution >= 0.6 is 0 Å². The monoisotopic (exact) mass is 154 g/mol. The SMILES string of the molecule is CCCC(C)CC[B]N(C)C. The van der Waals surface area contributed by atoms with E-state index in [0.717, 1.165) is 5.92 Å². The Hall–Kier alpha value is 0.0249. The Kier molecular flexibility index (Phi) is 6.73. The minimum Gasteiger partial charge on any atom is -0.352 e. The Balaban J connectivity index is 3.10.